The number of para-hydroxylation sites is 3. The molecule has 37 heavy (non-hydrogen) atoms. The van der Waals surface area contributed by atoms with Crippen molar-refractivity contribution < 1.29 is 18.3 Å². The Morgan fingerprint density at radius 3 is 2.08 bits per heavy atom. The third-order valence-corrected chi connectivity index (χ3v) is 6.40. The number of carbonyl (C=O) groups is 1. The van der Waals surface area contributed by atoms with Crippen LogP contribution in [-0.2, 0) is 0 Å². The molecule has 2 fully saturated rings. The zero-order chi connectivity index (χ0) is 27.2. The highest BCUT2D eigenvalue weighted by Gasteiger charge is 2.26. The fourth-order valence-corrected chi connectivity index (χ4v) is 4.64. The van der Waals surface area contributed by atoms with E-state index < -0.39 is 23.4 Å². The molecule has 0 spiro atoms. The Morgan fingerprint density at radius 2 is 1.51 bits per heavy atom. The smallest absolute Gasteiger partial charge is 0.319 e. The van der Waals surface area contributed by atoms with Crippen LogP contribution in [0.3, 0.4) is 0 Å². The summed E-state index contributed by atoms with van der Waals surface area (Å²) in [5, 5.41) is 4.21. The summed E-state index contributed by atoms with van der Waals surface area (Å²) in [7, 11) is 1.36. The molecule has 0 radical (unpaired) electrons. The van der Waals surface area contributed by atoms with Gasteiger partial charge in [-0.2, -0.15) is 0 Å². The molecule has 1 aliphatic carbocycles. The van der Waals surface area contributed by atoms with Crippen LogP contribution < -0.4 is 20.3 Å². The number of amides is 2. The molecule has 0 atom stereocenters. The minimum atomic E-state index is -0.802. The highest BCUT2D eigenvalue weighted by atomic mass is 19.1. The molecule has 1 heterocycles. The molecule has 8 heteroatoms. The number of rotatable bonds is 5. The average molecular weight is 519 g/mol. The first-order valence-corrected chi connectivity index (χ1v) is 13.6. The van der Waals surface area contributed by atoms with Crippen molar-refractivity contribution in [3.8, 4) is 5.75 Å². The first kappa shape index (κ1) is 30.4. The van der Waals surface area contributed by atoms with Gasteiger partial charge < -0.3 is 20.3 Å². The van der Waals surface area contributed by atoms with E-state index in [4.69, 9.17) is 4.74 Å². The average Bonchev–Trinajstić information content (AvgIpc) is 2.93. The molecule has 0 bridgehead atoms. The molecule has 6 nitrogen and oxygen atoms in total. The van der Waals surface area contributed by atoms with Crippen LogP contribution in [0, 0.1) is 11.6 Å². The van der Waals surface area contributed by atoms with E-state index in [9.17, 15) is 13.6 Å². The molecule has 1 saturated carbocycles. The molecular weight excluding hydrogens is 474 g/mol. The summed E-state index contributed by atoms with van der Waals surface area (Å²) in [4.78, 5) is 16.0. The monoisotopic (exact) mass is 518 g/mol. The fourth-order valence-electron chi connectivity index (χ4n) is 4.64. The molecule has 2 aliphatic rings. The van der Waals surface area contributed by atoms with Crippen LogP contribution in [0.15, 0.2) is 42.5 Å². The van der Waals surface area contributed by atoms with Crippen molar-refractivity contribution in [1.82, 2.24) is 10.2 Å². The summed E-state index contributed by atoms with van der Waals surface area (Å²) in [6.07, 6.45) is 7.34. The van der Waals surface area contributed by atoms with Crippen LogP contribution in [0.1, 0.15) is 59.8 Å². The van der Waals surface area contributed by atoms with Crippen molar-refractivity contribution in [2.75, 3.05) is 43.4 Å². The molecule has 0 unspecified atom stereocenters. The maximum atomic E-state index is 12.9. The van der Waals surface area contributed by atoms with Crippen LogP contribution in [0.25, 0.3) is 0 Å². The van der Waals surface area contributed by atoms with Gasteiger partial charge in [0.05, 0.1) is 11.8 Å². The van der Waals surface area contributed by atoms with Crippen LogP contribution >= 0.6 is 0 Å². The summed E-state index contributed by atoms with van der Waals surface area (Å²) in [5.41, 5.74) is 0.821. The van der Waals surface area contributed by atoms with Crippen molar-refractivity contribution >= 4 is 17.4 Å². The van der Waals surface area contributed by atoms with E-state index in [1.807, 2.05) is 19.2 Å². The van der Waals surface area contributed by atoms with Gasteiger partial charge in [-0.1, -0.05) is 51.3 Å². The molecule has 1 aliphatic heterocycles. The highest BCUT2D eigenvalue weighted by Crippen LogP contribution is 2.31. The number of piperazine rings is 1. The van der Waals surface area contributed by atoms with Gasteiger partial charge in [0.2, 0.25) is 0 Å². The summed E-state index contributed by atoms with van der Waals surface area (Å²) >= 11 is 0. The number of carbonyl (C=O) groups excluding carboxylic acids is 1. The number of nitrogens with zero attached hydrogens (tertiary/aromatic N) is 2. The molecule has 2 aromatic carbocycles. The highest BCUT2D eigenvalue weighted by molar-refractivity contribution is 5.89. The van der Waals surface area contributed by atoms with E-state index in [1.54, 1.807) is 0 Å². The quantitative estimate of drug-likeness (QED) is 0.464. The molecule has 2 amide bonds. The number of nitrogens with one attached hydrogen (secondary N) is 2. The van der Waals surface area contributed by atoms with Crippen molar-refractivity contribution in [2.45, 2.75) is 71.9 Å². The number of hydrogen-bond donors (Lipinski definition) is 2. The lowest BCUT2D eigenvalue weighted by molar-refractivity contribution is 0.147. The van der Waals surface area contributed by atoms with Crippen molar-refractivity contribution in [3.63, 3.8) is 0 Å². The summed E-state index contributed by atoms with van der Waals surface area (Å²) in [6.45, 7) is 12.8. The Kier molecular flexibility index (Phi) is 13.2. The first-order chi connectivity index (χ1) is 17.9. The van der Waals surface area contributed by atoms with Gasteiger partial charge in [0.15, 0.2) is 0 Å². The summed E-state index contributed by atoms with van der Waals surface area (Å²) < 4.78 is 31.7. The Bertz CT molecular complexity index is 923. The number of ether oxygens (including phenoxy) is 1. The molecule has 0 aromatic heterocycles. The van der Waals surface area contributed by atoms with Crippen LogP contribution in [0.4, 0.5) is 25.0 Å². The Balaban J connectivity index is 0.000000275. The lowest BCUT2D eigenvalue weighted by Gasteiger charge is -2.41. The summed E-state index contributed by atoms with van der Waals surface area (Å²) in [6, 6.07) is 12.0. The van der Waals surface area contributed by atoms with Gasteiger partial charge in [-0.05, 0) is 51.0 Å². The predicted molar refractivity (Wildman–Crippen MR) is 149 cm³/mol. The zero-order valence-electron chi connectivity index (χ0n) is 23.0. The van der Waals surface area contributed by atoms with Gasteiger partial charge in [-0.15, -0.1) is 0 Å². The van der Waals surface area contributed by atoms with E-state index >= 15 is 0 Å². The van der Waals surface area contributed by atoms with Crippen molar-refractivity contribution in [1.29, 1.82) is 0 Å². The Labute approximate surface area is 221 Å². The van der Waals surface area contributed by atoms with Gasteiger partial charge in [-0.25, -0.2) is 13.6 Å². The second kappa shape index (κ2) is 16.1. The minimum Gasteiger partial charge on any atom is -0.489 e. The largest absolute Gasteiger partial charge is 0.489 e. The molecule has 2 aromatic rings. The van der Waals surface area contributed by atoms with E-state index in [1.165, 1.54) is 64.0 Å². The predicted octanol–water partition coefficient (Wildman–Crippen LogP) is 6.67. The third kappa shape index (κ3) is 9.50. The third-order valence-electron chi connectivity index (χ3n) is 6.40. The molecule has 4 rings (SSSR count). The van der Waals surface area contributed by atoms with E-state index in [0.717, 1.165) is 37.0 Å². The van der Waals surface area contributed by atoms with Crippen molar-refractivity contribution in [2.24, 2.45) is 0 Å². The Hall–Kier alpha value is -2.87. The van der Waals surface area contributed by atoms with Gasteiger partial charge in [0.25, 0.3) is 0 Å². The van der Waals surface area contributed by atoms with Crippen LogP contribution in [-0.4, -0.2) is 56.3 Å². The van der Waals surface area contributed by atoms with E-state index in [-0.39, 0.29) is 6.10 Å². The van der Waals surface area contributed by atoms with Crippen molar-refractivity contribution in [3.05, 3.63) is 54.1 Å². The second-order valence-corrected chi connectivity index (χ2v) is 9.25. The van der Waals surface area contributed by atoms with Gasteiger partial charge >= 0.3 is 6.03 Å². The number of urea groups is 1. The number of benzene rings is 2. The van der Waals surface area contributed by atoms with E-state index in [0.29, 0.717) is 0 Å². The fraction of sp³-hybridized carbons (Fsp3) is 0.552. The standard InChI is InChI=1S/C19H30N2O.C8H8F2N2O.C2H6/c1-16(2)22-19-11-7-6-10-18(19)21-14-12-20(13-15-21)17-8-4-3-5-9-17;1-11-8(13)12-7-5(9)3-2-4-6(7)10;1-2/h6-7,10-11,16-17H,3-5,8-9,12-15H2,1-2H3;2-4H,1H3,(H2,11,12,13);1-2H3. The van der Waals surface area contributed by atoms with Gasteiger partial charge in [0.1, 0.15) is 23.1 Å². The number of hydrogen-bond acceptors (Lipinski definition) is 4. The van der Waals surface area contributed by atoms with Gasteiger partial charge in [0, 0.05) is 39.3 Å². The molecular formula is C29H44F2N4O2. The lowest BCUT2D eigenvalue weighted by atomic mass is 9.94. The SMILES string of the molecule is CC.CC(C)Oc1ccccc1N1CCN(C2CCCCC2)CC1.CNC(=O)Nc1c(F)cccc1F. The summed E-state index contributed by atoms with van der Waals surface area (Å²) in [5.74, 6) is -0.573. The maximum Gasteiger partial charge on any atom is 0.319 e. The second-order valence-electron chi connectivity index (χ2n) is 9.25. The molecule has 206 valence electrons. The Morgan fingerprint density at radius 1 is 0.919 bits per heavy atom. The first-order valence-electron chi connectivity index (χ1n) is 13.6. The van der Waals surface area contributed by atoms with Gasteiger partial charge in [-0.3, -0.25) is 4.90 Å². The minimum absolute atomic E-state index is 0.227. The molecule has 1 saturated heterocycles. The zero-order valence-corrected chi connectivity index (χ0v) is 23.0. The normalized spacial score (nSPS) is 16.2. The number of anilines is 2. The molecule has 2 N–H and O–H groups in total. The van der Waals surface area contributed by atoms with Crippen LogP contribution in [0.5, 0.6) is 5.75 Å². The number of halogens is 2. The van der Waals surface area contributed by atoms with Crippen LogP contribution in [0.2, 0.25) is 0 Å². The lowest BCUT2D eigenvalue weighted by Crippen LogP contribution is -2.50. The topological polar surface area (TPSA) is 56.8 Å². The maximum absolute atomic E-state index is 12.9. The van der Waals surface area contributed by atoms with E-state index in [2.05, 4.69) is 53.2 Å².